The van der Waals surface area contributed by atoms with Gasteiger partial charge in [0.2, 0.25) is 0 Å². The van der Waals surface area contributed by atoms with E-state index in [0.717, 1.165) is 0 Å². The quantitative estimate of drug-likeness (QED) is 0.202. The maximum Gasteiger partial charge on any atom is 0.338 e. The number of carbonyl (C=O) groups is 3. The van der Waals surface area contributed by atoms with E-state index in [0.29, 0.717) is 19.4 Å². The molecule has 4 atom stereocenters. The van der Waals surface area contributed by atoms with Crippen molar-refractivity contribution in [3.63, 3.8) is 0 Å². The molecule has 1 aromatic rings. The van der Waals surface area contributed by atoms with Crippen molar-refractivity contribution >= 4 is 23.4 Å². The van der Waals surface area contributed by atoms with Crippen molar-refractivity contribution in [1.82, 2.24) is 0 Å². The molecule has 0 unspecified atom stereocenters. The number of ketones is 1. The first-order valence-corrected chi connectivity index (χ1v) is 9.92. The summed E-state index contributed by atoms with van der Waals surface area (Å²) in [5.41, 5.74) is -0.709. The molecule has 1 aliphatic carbocycles. The van der Waals surface area contributed by atoms with E-state index in [4.69, 9.17) is 9.47 Å². The van der Waals surface area contributed by atoms with Crippen molar-refractivity contribution in [3.05, 3.63) is 52.6 Å². The fourth-order valence-corrected chi connectivity index (χ4v) is 3.96. The molecule has 0 bridgehead atoms. The average molecular weight is 453 g/mol. The number of ether oxygens (including phenoxy) is 2. The first kappa shape index (κ1) is 24.5. The number of hydrogen-bond donors (Lipinski definition) is 1. The van der Waals surface area contributed by atoms with Gasteiger partial charge in [-0.3, -0.25) is 19.7 Å². The molecule has 0 amide bonds. The summed E-state index contributed by atoms with van der Waals surface area (Å²) in [6.07, 6.45) is 2.25. The molecule has 3 rings (SSSR count). The van der Waals surface area contributed by atoms with Gasteiger partial charge in [-0.25, -0.2) is 4.79 Å². The van der Waals surface area contributed by atoms with Gasteiger partial charge in [-0.05, 0) is 31.4 Å². The third-order valence-electron chi connectivity index (χ3n) is 5.79. The molecule has 168 valence electrons. The van der Waals surface area contributed by atoms with E-state index in [1.807, 2.05) is 5.32 Å². The van der Waals surface area contributed by atoms with Gasteiger partial charge in [0.15, 0.2) is 11.9 Å². The minimum absolute atomic E-state index is 0. The normalized spacial score (nSPS) is 26.3. The summed E-state index contributed by atoms with van der Waals surface area (Å²) >= 11 is 0. The van der Waals surface area contributed by atoms with E-state index in [-0.39, 0.29) is 54.4 Å². The zero-order valence-corrected chi connectivity index (χ0v) is 17.9. The average Bonchev–Trinajstić information content (AvgIpc) is 3.25. The van der Waals surface area contributed by atoms with Crippen LogP contribution in [0, 0.1) is 21.4 Å². The van der Waals surface area contributed by atoms with E-state index in [2.05, 4.69) is 6.58 Å². The van der Waals surface area contributed by atoms with Crippen LogP contribution in [0.4, 0.5) is 5.69 Å². The highest BCUT2D eigenvalue weighted by atomic mass is 35.5. The SMILES string of the molecule is C=C[C@@H]1C[C@]1(CC(=O)[C@@H]1C[C@@H](OC(=O)c2ccc([N+](=O)[O-])cc2)C[NH2+]1)C(=O)OCC.[Cl-]. The summed E-state index contributed by atoms with van der Waals surface area (Å²) in [6.45, 7) is 6.16. The lowest BCUT2D eigenvalue weighted by Crippen LogP contribution is -3.00. The highest BCUT2D eigenvalue weighted by Crippen LogP contribution is 2.57. The number of carbonyl (C=O) groups excluding carboxylic acids is 3. The van der Waals surface area contributed by atoms with Crippen molar-refractivity contribution < 1.29 is 46.5 Å². The number of nitrogens with zero attached hydrogens (tertiary/aromatic N) is 1. The molecule has 1 aromatic carbocycles. The lowest BCUT2D eigenvalue weighted by Gasteiger charge is -2.15. The van der Waals surface area contributed by atoms with Gasteiger partial charge in [-0.1, -0.05) is 6.08 Å². The summed E-state index contributed by atoms with van der Waals surface area (Å²) in [6, 6.07) is 4.77. The van der Waals surface area contributed by atoms with Crippen LogP contribution in [0.15, 0.2) is 36.9 Å². The Balaban J connectivity index is 0.00000341. The molecule has 0 radical (unpaired) electrons. The number of hydrogen-bond acceptors (Lipinski definition) is 7. The number of Topliss-reactive ketones (excluding diaryl/α,β-unsaturated/α-hetero) is 1. The van der Waals surface area contributed by atoms with Gasteiger partial charge in [0, 0.05) is 25.0 Å². The minimum atomic E-state index is -0.809. The summed E-state index contributed by atoms with van der Waals surface area (Å²) in [5.74, 6) is -1.07. The molecule has 1 saturated heterocycles. The van der Waals surface area contributed by atoms with Gasteiger partial charge >= 0.3 is 11.9 Å². The molecule has 2 fully saturated rings. The van der Waals surface area contributed by atoms with Crippen LogP contribution in [0.3, 0.4) is 0 Å². The van der Waals surface area contributed by atoms with Crippen LogP contribution in [-0.4, -0.2) is 47.9 Å². The summed E-state index contributed by atoms with van der Waals surface area (Å²) in [5, 5.41) is 12.5. The number of quaternary nitrogens is 1. The van der Waals surface area contributed by atoms with Gasteiger partial charge < -0.3 is 27.2 Å². The Bertz CT molecular complexity index is 873. The van der Waals surface area contributed by atoms with Crippen LogP contribution in [0.1, 0.15) is 36.5 Å². The zero-order valence-electron chi connectivity index (χ0n) is 17.1. The smallest absolute Gasteiger partial charge is 0.338 e. The number of benzene rings is 1. The topological polar surface area (TPSA) is 129 Å². The molecule has 2 aliphatic rings. The first-order chi connectivity index (χ1) is 14.3. The van der Waals surface area contributed by atoms with Crippen molar-refractivity contribution in [2.75, 3.05) is 13.2 Å². The zero-order chi connectivity index (χ0) is 21.9. The molecule has 9 nitrogen and oxygen atoms in total. The molecule has 1 aliphatic heterocycles. The van der Waals surface area contributed by atoms with Gasteiger partial charge in [0.1, 0.15) is 12.6 Å². The molecule has 31 heavy (non-hydrogen) atoms. The number of halogens is 1. The third kappa shape index (κ3) is 5.29. The fraction of sp³-hybridized carbons (Fsp3) is 0.476. The Labute approximate surface area is 185 Å². The van der Waals surface area contributed by atoms with Crippen LogP contribution >= 0.6 is 0 Å². The van der Waals surface area contributed by atoms with Crippen LogP contribution in [0.5, 0.6) is 0 Å². The van der Waals surface area contributed by atoms with Crippen molar-refractivity contribution in [3.8, 4) is 0 Å². The molecule has 0 spiro atoms. The summed E-state index contributed by atoms with van der Waals surface area (Å²) in [4.78, 5) is 47.6. The van der Waals surface area contributed by atoms with Crippen LogP contribution in [0.2, 0.25) is 0 Å². The Hall–Kier alpha value is -2.78. The highest BCUT2D eigenvalue weighted by Gasteiger charge is 2.61. The Kier molecular flexibility index (Phi) is 7.91. The van der Waals surface area contributed by atoms with Crippen molar-refractivity contribution in [2.24, 2.45) is 11.3 Å². The second kappa shape index (κ2) is 10.0. The standard InChI is InChI=1S/C21H24N2O7.ClH/c1-3-14-10-21(14,20(26)29-4-2)11-18(24)17-9-16(12-22-17)30-19(25)13-5-7-15(8-6-13)23(27)28;/h3,5-8,14,16-17,22H,1,4,9-12H2,2H3;1H/t14-,16-,17+,21-;/m1./s1. The summed E-state index contributed by atoms with van der Waals surface area (Å²) < 4.78 is 10.6. The lowest BCUT2D eigenvalue weighted by atomic mass is 9.92. The number of esters is 2. The van der Waals surface area contributed by atoms with E-state index < -0.39 is 28.5 Å². The number of nitrogens with two attached hydrogens (primary N) is 1. The van der Waals surface area contributed by atoms with Crippen LogP contribution in [-0.2, 0) is 19.1 Å². The maximum absolute atomic E-state index is 12.8. The number of nitro groups is 1. The maximum atomic E-state index is 12.8. The Morgan fingerprint density at radius 1 is 1.32 bits per heavy atom. The second-order valence-corrected chi connectivity index (χ2v) is 7.71. The third-order valence-corrected chi connectivity index (χ3v) is 5.79. The number of non-ortho nitro benzene ring substituents is 1. The molecular formula is C21H25ClN2O7. The van der Waals surface area contributed by atoms with Crippen molar-refractivity contribution in [1.29, 1.82) is 0 Å². The van der Waals surface area contributed by atoms with Gasteiger partial charge in [-0.15, -0.1) is 6.58 Å². The van der Waals surface area contributed by atoms with Crippen molar-refractivity contribution in [2.45, 2.75) is 38.3 Å². The second-order valence-electron chi connectivity index (χ2n) is 7.71. The highest BCUT2D eigenvalue weighted by molar-refractivity contribution is 5.92. The van der Waals surface area contributed by atoms with E-state index in [1.165, 1.54) is 24.3 Å². The van der Waals surface area contributed by atoms with Crippen LogP contribution in [0.25, 0.3) is 0 Å². The van der Waals surface area contributed by atoms with E-state index >= 15 is 0 Å². The van der Waals surface area contributed by atoms with Gasteiger partial charge in [0.25, 0.3) is 5.69 Å². The number of nitro benzene ring substituents is 1. The van der Waals surface area contributed by atoms with Gasteiger partial charge in [-0.2, -0.15) is 0 Å². The fourth-order valence-electron chi connectivity index (χ4n) is 3.96. The molecule has 2 N–H and O–H groups in total. The Morgan fingerprint density at radius 2 is 2.00 bits per heavy atom. The predicted molar refractivity (Wildman–Crippen MR) is 104 cm³/mol. The van der Waals surface area contributed by atoms with E-state index in [1.54, 1.807) is 13.0 Å². The summed E-state index contributed by atoms with van der Waals surface area (Å²) in [7, 11) is 0. The Morgan fingerprint density at radius 3 is 2.55 bits per heavy atom. The number of allylic oxidation sites excluding steroid dienone is 1. The largest absolute Gasteiger partial charge is 1.00 e. The molecular weight excluding hydrogens is 428 g/mol. The van der Waals surface area contributed by atoms with Crippen LogP contribution < -0.4 is 17.7 Å². The lowest BCUT2D eigenvalue weighted by molar-refractivity contribution is -0.659. The van der Waals surface area contributed by atoms with Gasteiger partial charge in [0.05, 0.1) is 22.5 Å². The minimum Gasteiger partial charge on any atom is -1.00 e. The molecule has 0 aromatic heterocycles. The predicted octanol–water partition coefficient (Wildman–Crippen LogP) is -1.83. The first-order valence-electron chi connectivity index (χ1n) is 9.92. The molecule has 10 heteroatoms. The van der Waals surface area contributed by atoms with E-state index in [9.17, 15) is 24.5 Å². The number of rotatable bonds is 9. The molecule has 1 saturated carbocycles. The monoisotopic (exact) mass is 452 g/mol. The molecule has 1 heterocycles.